The van der Waals surface area contributed by atoms with Gasteiger partial charge in [0.05, 0.1) is 12.6 Å². The first-order chi connectivity index (χ1) is 12.6. The van der Waals surface area contributed by atoms with Gasteiger partial charge in [-0.3, -0.25) is 4.90 Å². The number of ether oxygens (including phenoxy) is 2. The fourth-order valence-electron chi connectivity index (χ4n) is 3.32. The van der Waals surface area contributed by atoms with Gasteiger partial charge in [-0.15, -0.1) is 0 Å². The third-order valence-electron chi connectivity index (χ3n) is 4.56. The molecule has 1 saturated heterocycles. The zero-order chi connectivity index (χ0) is 18.4. The van der Waals surface area contributed by atoms with Crippen LogP contribution in [0.15, 0.2) is 40.8 Å². The van der Waals surface area contributed by atoms with Crippen molar-refractivity contribution in [2.75, 3.05) is 26.3 Å². The van der Waals surface area contributed by atoms with Gasteiger partial charge >= 0.3 is 0 Å². The molecule has 3 rings (SSSR count). The van der Waals surface area contributed by atoms with Crippen LogP contribution in [-0.2, 0) is 11.3 Å². The Morgan fingerprint density at radius 3 is 2.85 bits per heavy atom. The Balaban J connectivity index is 1.54. The Kier molecular flexibility index (Phi) is 6.72. The third-order valence-corrected chi connectivity index (χ3v) is 4.56. The van der Waals surface area contributed by atoms with Crippen molar-refractivity contribution in [3.63, 3.8) is 0 Å². The lowest BCUT2D eigenvalue weighted by Crippen LogP contribution is -2.39. The summed E-state index contributed by atoms with van der Waals surface area (Å²) in [5.41, 5.74) is 1.14. The van der Waals surface area contributed by atoms with E-state index >= 15 is 0 Å². The molecule has 2 unspecified atom stereocenters. The smallest absolute Gasteiger partial charge is 0.119 e. The summed E-state index contributed by atoms with van der Waals surface area (Å²) in [4.78, 5) is 2.19. The van der Waals surface area contributed by atoms with Crippen LogP contribution in [0.25, 0.3) is 0 Å². The number of aliphatic hydroxyl groups excluding tert-OH is 1. The van der Waals surface area contributed by atoms with Crippen LogP contribution in [0.5, 0.6) is 5.75 Å². The van der Waals surface area contributed by atoms with Gasteiger partial charge in [-0.1, -0.05) is 12.1 Å². The van der Waals surface area contributed by atoms with E-state index in [0.717, 1.165) is 48.8 Å². The summed E-state index contributed by atoms with van der Waals surface area (Å²) < 4.78 is 17.2. The predicted octanol–water partition coefficient (Wildman–Crippen LogP) is 3.32. The fourth-order valence-corrected chi connectivity index (χ4v) is 3.32. The van der Waals surface area contributed by atoms with Gasteiger partial charge in [-0.25, -0.2) is 0 Å². The first kappa shape index (κ1) is 19.0. The molecule has 1 aliphatic heterocycles. The first-order valence-electron chi connectivity index (χ1n) is 9.35. The second kappa shape index (κ2) is 9.21. The lowest BCUT2D eigenvalue weighted by atomic mass is 10.2. The van der Waals surface area contributed by atoms with E-state index in [-0.39, 0.29) is 12.7 Å². The molecule has 0 aliphatic carbocycles. The SMILES string of the molecule is Cc1cccc(OCC(O)CN(Cc2ccc(C)o2)CC2CCCO2)c1. The molecule has 2 atom stereocenters. The normalized spacial score (nSPS) is 18.4. The van der Waals surface area contributed by atoms with Gasteiger partial charge in [0.2, 0.25) is 0 Å². The van der Waals surface area contributed by atoms with Gasteiger partial charge in [0.15, 0.2) is 0 Å². The second-order valence-corrected chi connectivity index (χ2v) is 7.12. The standard InChI is InChI=1S/C21H29NO4/c1-16-5-3-6-19(11-16)25-15-18(23)12-22(13-20-7-4-10-24-20)14-21-9-8-17(2)26-21/h3,5-6,8-9,11,18,20,23H,4,7,10,12-15H2,1-2H3. The van der Waals surface area contributed by atoms with Crippen molar-refractivity contribution < 1.29 is 19.0 Å². The number of aliphatic hydroxyl groups is 1. The van der Waals surface area contributed by atoms with E-state index in [9.17, 15) is 5.11 Å². The van der Waals surface area contributed by atoms with Gasteiger partial charge < -0.3 is 19.0 Å². The Labute approximate surface area is 155 Å². The van der Waals surface area contributed by atoms with Crippen molar-refractivity contribution in [3.05, 3.63) is 53.5 Å². The predicted molar refractivity (Wildman–Crippen MR) is 100 cm³/mol. The minimum absolute atomic E-state index is 0.232. The highest BCUT2D eigenvalue weighted by Gasteiger charge is 2.22. The van der Waals surface area contributed by atoms with E-state index in [1.807, 2.05) is 50.2 Å². The van der Waals surface area contributed by atoms with Crippen LogP contribution >= 0.6 is 0 Å². The number of furan rings is 1. The van der Waals surface area contributed by atoms with Crippen molar-refractivity contribution in [1.29, 1.82) is 0 Å². The molecule has 1 aliphatic rings. The van der Waals surface area contributed by atoms with Crippen molar-refractivity contribution in [2.45, 2.75) is 45.4 Å². The van der Waals surface area contributed by atoms with E-state index in [4.69, 9.17) is 13.9 Å². The molecule has 5 nitrogen and oxygen atoms in total. The van der Waals surface area contributed by atoms with E-state index in [2.05, 4.69) is 4.90 Å². The molecule has 0 amide bonds. The van der Waals surface area contributed by atoms with E-state index in [0.29, 0.717) is 13.1 Å². The quantitative estimate of drug-likeness (QED) is 0.744. The average Bonchev–Trinajstić information content (AvgIpc) is 3.25. The van der Waals surface area contributed by atoms with Crippen molar-refractivity contribution in [2.24, 2.45) is 0 Å². The lowest BCUT2D eigenvalue weighted by molar-refractivity contribution is 0.0289. The molecule has 1 N–H and O–H groups in total. The minimum atomic E-state index is -0.576. The molecule has 142 valence electrons. The number of hydrogen-bond donors (Lipinski definition) is 1. The Hall–Kier alpha value is -1.82. The third kappa shape index (κ3) is 5.87. The molecule has 5 heteroatoms. The molecule has 1 aromatic carbocycles. The number of hydrogen-bond acceptors (Lipinski definition) is 5. The molecule has 2 heterocycles. The van der Waals surface area contributed by atoms with E-state index in [1.54, 1.807) is 0 Å². The number of benzene rings is 1. The Bertz CT molecular complexity index is 678. The summed E-state index contributed by atoms with van der Waals surface area (Å²) in [6.45, 7) is 7.04. The van der Waals surface area contributed by atoms with Crippen LogP contribution in [0, 0.1) is 13.8 Å². The summed E-state index contributed by atoms with van der Waals surface area (Å²) in [5.74, 6) is 2.60. The zero-order valence-corrected chi connectivity index (χ0v) is 15.7. The van der Waals surface area contributed by atoms with Gasteiger partial charge in [0.25, 0.3) is 0 Å². The highest BCUT2D eigenvalue weighted by atomic mass is 16.5. The molecule has 1 fully saturated rings. The van der Waals surface area contributed by atoms with Crippen LogP contribution in [0.3, 0.4) is 0 Å². The first-order valence-corrected chi connectivity index (χ1v) is 9.35. The number of aryl methyl sites for hydroxylation is 2. The summed E-state index contributed by atoms with van der Waals surface area (Å²) in [5, 5.41) is 10.5. The average molecular weight is 359 g/mol. The largest absolute Gasteiger partial charge is 0.491 e. The maximum atomic E-state index is 10.5. The molecule has 0 saturated carbocycles. The topological polar surface area (TPSA) is 55.1 Å². The Morgan fingerprint density at radius 1 is 1.27 bits per heavy atom. The van der Waals surface area contributed by atoms with Gasteiger partial charge in [-0.05, 0) is 56.5 Å². The summed E-state index contributed by atoms with van der Waals surface area (Å²) >= 11 is 0. The molecule has 1 aromatic heterocycles. The number of rotatable bonds is 9. The van der Waals surface area contributed by atoms with Crippen molar-refractivity contribution >= 4 is 0 Å². The summed E-state index contributed by atoms with van der Waals surface area (Å²) in [6.07, 6.45) is 1.84. The molecular formula is C21H29NO4. The van der Waals surface area contributed by atoms with Gasteiger partial charge in [-0.2, -0.15) is 0 Å². The maximum Gasteiger partial charge on any atom is 0.119 e. The monoisotopic (exact) mass is 359 g/mol. The van der Waals surface area contributed by atoms with Crippen molar-refractivity contribution in [3.8, 4) is 5.75 Å². The zero-order valence-electron chi connectivity index (χ0n) is 15.7. The fraction of sp³-hybridized carbons (Fsp3) is 0.524. The van der Waals surface area contributed by atoms with Gasteiger partial charge in [0.1, 0.15) is 30.0 Å². The van der Waals surface area contributed by atoms with Crippen LogP contribution in [0.1, 0.15) is 29.9 Å². The lowest BCUT2D eigenvalue weighted by Gasteiger charge is -2.26. The Morgan fingerprint density at radius 2 is 2.15 bits per heavy atom. The summed E-state index contributed by atoms with van der Waals surface area (Å²) in [7, 11) is 0. The maximum absolute atomic E-state index is 10.5. The van der Waals surface area contributed by atoms with Crippen LogP contribution in [0.2, 0.25) is 0 Å². The molecule has 26 heavy (non-hydrogen) atoms. The molecule has 0 bridgehead atoms. The van der Waals surface area contributed by atoms with Crippen molar-refractivity contribution in [1.82, 2.24) is 4.90 Å². The minimum Gasteiger partial charge on any atom is -0.491 e. The highest BCUT2D eigenvalue weighted by Crippen LogP contribution is 2.17. The molecular weight excluding hydrogens is 330 g/mol. The van der Waals surface area contributed by atoms with Gasteiger partial charge in [0, 0.05) is 19.7 Å². The molecule has 0 spiro atoms. The second-order valence-electron chi connectivity index (χ2n) is 7.12. The molecule has 0 radical (unpaired) electrons. The molecule has 2 aromatic rings. The number of nitrogens with zero attached hydrogens (tertiary/aromatic N) is 1. The van der Waals surface area contributed by atoms with Crippen LogP contribution in [0.4, 0.5) is 0 Å². The summed E-state index contributed by atoms with van der Waals surface area (Å²) in [6, 6.07) is 11.8. The van der Waals surface area contributed by atoms with Crippen LogP contribution in [-0.4, -0.2) is 48.5 Å². The highest BCUT2D eigenvalue weighted by molar-refractivity contribution is 5.27. The van der Waals surface area contributed by atoms with Crippen LogP contribution < -0.4 is 4.74 Å². The van der Waals surface area contributed by atoms with E-state index < -0.39 is 6.10 Å². The van der Waals surface area contributed by atoms with E-state index in [1.165, 1.54) is 0 Å².